The van der Waals surface area contributed by atoms with E-state index >= 15 is 0 Å². The van der Waals surface area contributed by atoms with Gasteiger partial charge in [0, 0.05) is 6.07 Å². The van der Waals surface area contributed by atoms with Crippen molar-refractivity contribution in [2.75, 3.05) is 17.2 Å². The minimum absolute atomic E-state index is 0.00773. The van der Waals surface area contributed by atoms with E-state index < -0.39 is 10.8 Å². The summed E-state index contributed by atoms with van der Waals surface area (Å²) in [6.45, 7) is -0.159. The van der Waals surface area contributed by atoms with Crippen molar-refractivity contribution in [1.29, 1.82) is 0 Å². The first-order valence-corrected chi connectivity index (χ1v) is 4.85. The minimum atomic E-state index is -0.623. The van der Waals surface area contributed by atoms with Crippen LogP contribution in [0.3, 0.4) is 0 Å². The maximum Gasteiger partial charge on any atom is 0.295 e. The Hall–Kier alpha value is -2.44. The van der Waals surface area contributed by atoms with Crippen LogP contribution in [0.2, 0.25) is 0 Å². The van der Waals surface area contributed by atoms with E-state index in [9.17, 15) is 19.7 Å². The average Bonchev–Trinajstić information content (AvgIpc) is 2.57. The van der Waals surface area contributed by atoms with Gasteiger partial charge in [0.25, 0.3) is 5.69 Å². The van der Waals surface area contributed by atoms with Crippen LogP contribution in [0.1, 0.15) is 6.42 Å². The van der Waals surface area contributed by atoms with E-state index in [1.807, 2.05) is 0 Å². The van der Waals surface area contributed by atoms with E-state index in [-0.39, 0.29) is 35.8 Å². The van der Waals surface area contributed by atoms with Gasteiger partial charge in [0.15, 0.2) is 5.78 Å². The Morgan fingerprint density at radius 2 is 2.06 bits per heavy atom. The molecule has 0 bridgehead atoms. The Bertz CT molecular complexity index is 526. The molecule has 1 aliphatic heterocycles. The van der Waals surface area contributed by atoms with Gasteiger partial charge in [-0.3, -0.25) is 24.6 Å². The van der Waals surface area contributed by atoms with Gasteiger partial charge in [0.05, 0.1) is 23.6 Å². The van der Waals surface area contributed by atoms with Crippen molar-refractivity contribution < 1.29 is 14.5 Å². The average molecular weight is 235 g/mol. The van der Waals surface area contributed by atoms with Crippen LogP contribution >= 0.6 is 0 Å². The van der Waals surface area contributed by atoms with Crippen LogP contribution in [0.5, 0.6) is 0 Å². The van der Waals surface area contributed by atoms with Crippen LogP contribution in [0.4, 0.5) is 17.1 Å². The van der Waals surface area contributed by atoms with E-state index in [1.54, 1.807) is 0 Å². The summed E-state index contributed by atoms with van der Waals surface area (Å²) < 4.78 is 0. The van der Waals surface area contributed by atoms with E-state index in [1.165, 1.54) is 18.2 Å². The maximum atomic E-state index is 11.5. The standard InChI is InChI=1S/C10H9N3O4/c11-7-2-1-3-8(13(16)17)10(7)12-5-6(14)4-9(12)15/h1-3H,4-5,11H2. The second kappa shape index (κ2) is 3.85. The summed E-state index contributed by atoms with van der Waals surface area (Å²) in [5, 5.41) is 10.8. The number of ketones is 1. The summed E-state index contributed by atoms with van der Waals surface area (Å²) in [6.07, 6.45) is -0.231. The Kier molecular flexibility index (Phi) is 2.51. The molecule has 0 aromatic heterocycles. The van der Waals surface area contributed by atoms with Crippen LogP contribution in [0.15, 0.2) is 18.2 Å². The number of nitro groups is 1. The Balaban J connectivity index is 2.54. The zero-order chi connectivity index (χ0) is 12.6. The number of carbonyl (C=O) groups is 2. The normalized spacial score (nSPS) is 15.4. The number of carbonyl (C=O) groups excluding carboxylic acids is 2. The summed E-state index contributed by atoms with van der Waals surface area (Å²) in [5.41, 5.74) is 5.49. The highest BCUT2D eigenvalue weighted by molar-refractivity contribution is 6.16. The number of Topliss-reactive ketones (excluding diaryl/α,β-unsaturated/α-hetero) is 1. The first kappa shape index (κ1) is 11.1. The molecule has 0 aliphatic carbocycles. The number of nitrogens with zero attached hydrogens (tertiary/aromatic N) is 2. The van der Waals surface area contributed by atoms with E-state index in [2.05, 4.69) is 0 Å². The van der Waals surface area contributed by atoms with E-state index in [0.717, 1.165) is 4.90 Å². The van der Waals surface area contributed by atoms with Crippen LogP contribution in [0, 0.1) is 10.1 Å². The van der Waals surface area contributed by atoms with Crippen LogP contribution < -0.4 is 10.6 Å². The topological polar surface area (TPSA) is 107 Å². The summed E-state index contributed by atoms with van der Waals surface area (Å²) in [4.78, 5) is 34.0. The number of amides is 1. The largest absolute Gasteiger partial charge is 0.397 e. The lowest BCUT2D eigenvalue weighted by atomic mass is 10.2. The zero-order valence-corrected chi connectivity index (χ0v) is 8.75. The Morgan fingerprint density at radius 1 is 1.35 bits per heavy atom. The van der Waals surface area contributed by atoms with Gasteiger partial charge in [0.2, 0.25) is 5.91 Å². The molecule has 0 atom stereocenters. The fourth-order valence-corrected chi connectivity index (χ4v) is 1.78. The molecule has 17 heavy (non-hydrogen) atoms. The number of benzene rings is 1. The van der Waals surface area contributed by atoms with Crippen molar-refractivity contribution in [3.63, 3.8) is 0 Å². The summed E-state index contributed by atoms with van der Waals surface area (Å²) in [5.74, 6) is -0.733. The molecule has 0 radical (unpaired) electrons. The molecule has 2 N–H and O–H groups in total. The lowest BCUT2D eigenvalue weighted by molar-refractivity contribution is -0.384. The van der Waals surface area contributed by atoms with Gasteiger partial charge in [-0.2, -0.15) is 0 Å². The van der Waals surface area contributed by atoms with Crippen molar-refractivity contribution in [3.8, 4) is 0 Å². The van der Waals surface area contributed by atoms with Crippen molar-refractivity contribution in [2.24, 2.45) is 0 Å². The number of nitrogen functional groups attached to an aromatic ring is 1. The van der Waals surface area contributed by atoms with Crippen LogP contribution in [0.25, 0.3) is 0 Å². The molecule has 1 aliphatic rings. The first-order chi connectivity index (χ1) is 8.00. The highest BCUT2D eigenvalue weighted by atomic mass is 16.6. The number of nitrogens with two attached hydrogens (primary N) is 1. The molecule has 1 aromatic rings. The van der Waals surface area contributed by atoms with Crippen molar-refractivity contribution in [2.45, 2.75) is 6.42 Å². The molecular weight excluding hydrogens is 226 g/mol. The summed E-state index contributed by atoms with van der Waals surface area (Å²) in [6, 6.07) is 4.14. The quantitative estimate of drug-likeness (QED) is 0.347. The Labute approximate surface area is 96.0 Å². The highest BCUT2D eigenvalue weighted by Crippen LogP contribution is 2.35. The minimum Gasteiger partial charge on any atom is -0.397 e. The molecule has 7 heteroatoms. The molecule has 1 amide bonds. The Morgan fingerprint density at radius 3 is 2.59 bits per heavy atom. The van der Waals surface area contributed by atoms with Gasteiger partial charge in [-0.15, -0.1) is 0 Å². The monoisotopic (exact) mass is 235 g/mol. The summed E-state index contributed by atoms with van der Waals surface area (Å²) in [7, 11) is 0. The molecule has 1 saturated heterocycles. The van der Waals surface area contributed by atoms with Crippen LogP contribution in [-0.2, 0) is 9.59 Å². The molecular formula is C10H9N3O4. The molecule has 1 fully saturated rings. The molecule has 7 nitrogen and oxygen atoms in total. The van der Waals surface area contributed by atoms with Crippen molar-refractivity contribution in [1.82, 2.24) is 0 Å². The molecule has 0 spiro atoms. The molecule has 2 rings (SSSR count). The van der Waals surface area contributed by atoms with Gasteiger partial charge in [-0.1, -0.05) is 6.07 Å². The third-order valence-electron chi connectivity index (χ3n) is 2.50. The molecule has 0 unspecified atom stereocenters. The molecule has 1 heterocycles. The number of hydrogen-bond donors (Lipinski definition) is 1. The number of hydrogen-bond acceptors (Lipinski definition) is 5. The van der Waals surface area contributed by atoms with Gasteiger partial charge in [0.1, 0.15) is 5.69 Å². The third kappa shape index (κ3) is 1.82. The van der Waals surface area contributed by atoms with E-state index in [4.69, 9.17) is 5.73 Å². The van der Waals surface area contributed by atoms with Crippen LogP contribution in [-0.4, -0.2) is 23.2 Å². The smallest absolute Gasteiger partial charge is 0.295 e. The van der Waals surface area contributed by atoms with Crippen molar-refractivity contribution >= 4 is 28.8 Å². The molecule has 1 aromatic carbocycles. The maximum absolute atomic E-state index is 11.5. The van der Waals surface area contributed by atoms with Gasteiger partial charge < -0.3 is 5.73 Å². The third-order valence-corrected chi connectivity index (χ3v) is 2.50. The second-order valence-electron chi connectivity index (χ2n) is 3.67. The van der Waals surface area contributed by atoms with Gasteiger partial charge in [-0.25, -0.2) is 0 Å². The second-order valence-corrected chi connectivity index (χ2v) is 3.67. The SMILES string of the molecule is Nc1cccc([N+](=O)[O-])c1N1CC(=O)CC1=O. The number of rotatable bonds is 2. The lowest BCUT2D eigenvalue weighted by Crippen LogP contribution is -2.26. The highest BCUT2D eigenvalue weighted by Gasteiger charge is 2.34. The predicted molar refractivity (Wildman–Crippen MR) is 59.5 cm³/mol. The zero-order valence-electron chi connectivity index (χ0n) is 8.75. The summed E-state index contributed by atoms with van der Waals surface area (Å²) >= 11 is 0. The number of anilines is 2. The van der Waals surface area contributed by atoms with E-state index in [0.29, 0.717) is 0 Å². The molecule has 88 valence electrons. The van der Waals surface area contributed by atoms with Gasteiger partial charge in [-0.05, 0) is 6.07 Å². The number of para-hydroxylation sites is 1. The van der Waals surface area contributed by atoms with Crippen molar-refractivity contribution in [3.05, 3.63) is 28.3 Å². The first-order valence-electron chi connectivity index (χ1n) is 4.85. The van der Waals surface area contributed by atoms with Gasteiger partial charge >= 0.3 is 0 Å². The number of nitro benzene ring substituents is 1. The predicted octanol–water partition coefficient (Wildman–Crippen LogP) is 0.483. The fraction of sp³-hybridized carbons (Fsp3) is 0.200. The molecule has 0 saturated carbocycles. The lowest BCUT2D eigenvalue weighted by Gasteiger charge is -2.16. The fourth-order valence-electron chi connectivity index (χ4n) is 1.78.